The van der Waals surface area contributed by atoms with Gasteiger partial charge >= 0.3 is 0 Å². The van der Waals surface area contributed by atoms with Crippen molar-refractivity contribution in [3.63, 3.8) is 0 Å². The zero-order valence-corrected chi connectivity index (χ0v) is 8.23. The second-order valence-electron chi connectivity index (χ2n) is 3.29. The van der Waals surface area contributed by atoms with Gasteiger partial charge in [-0.15, -0.1) is 0 Å². The number of rotatable bonds is 3. The molecule has 1 saturated carbocycles. The van der Waals surface area contributed by atoms with E-state index in [9.17, 15) is 4.39 Å². The van der Waals surface area contributed by atoms with Gasteiger partial charge in [-0.1, -0.05) is 6.07 Å². The molecule has 1 aliphatic carbocycles. The van der Waals surface area contributed by atoms with Gasteiger partial charge in [-0.3, -0.25) is 0 Å². The smallest absolute Gasteiger partial charge is 0.140 e. The molecule has 0 saturated heterocycles. The maximum absolute atomic E-state index is 13.0. The molecule has 0 bridgehead atoms. The van der Waals surface area contributed by atoms with Crippen LogP contribution in [-0.2, 0) is 0 Å². The lowest BCUT2D eigenvalue weighted by Gasteiger charge is -2.03. The predicted molar refractivity (Wildman–Crippen MR) is 52.4 cm³/mol. The minimum Gasteiger partial charge on any atom is -0.425 e. The van der Waals surface area contributed by atoms with E-state index in [0.717, 1.165) is 0 Å². The fraction of sp³-hybridized carbons (Fsp3) is 0.400. The minimum atomic E-state index is -0.200. The average molecular weight is 198 g/mol. The summed E-state index contributed by atoms with van der Waals surface area (Å²) in [7, 11) is 0. The molecule has 13 heavy (non-hydrogen) atoms. The summed E-state index contributed by atoms with van der Waals surface area (Å²) in [6.07, 6.45) is 2.44. The lowest BCUT2D eigenvalue weighted by atomic mass is 10.2. The first-order valence-electron chi connectivity index (χ1n) is 4.35. The van der Waals surface area contributed by atoms with Crippen molar-refractivity contribution >= 4 is 12.0 Å². The molecule has 1 aliphatic rings. The highest BCUT2D eigenvalue weighted by Crippen LogP contribution is 2.35. The van der Waals surface area contributed by atoms with Crippen LogP contribution < -0.4 is 4.18 Å². The van der Waals surface area contributed by atoms with E-state index in [0.29, 0.717) is 16.6 Å². The summed E-state index contributed by atoms with van der Waals surface area (Å²) < 4.78 is 18.4. The zero-order valence-electron chi connectivity index (χ0n) is 7.42. The third-order valence-electron chi connectivity index (χ3n) is 1.95. The summed E-state index contributed by atoms with van der Waals surface area (Å²) in [6.45, 7) is 1.74. The summed E-state index contributed by atoms with van der Waals surface area (Å²) in [5, 5.41) is 0.629. The highest BCUT2D eigenvalue weighted by molar-refractivity contribution is 7.95. The Labute approximate surface area is 81.5 Å². The monoisotopic (exact) mass is 198 g/mol. The third kappa shape index (κ3) is 2.37. The zero-order chi connectivity index (χ0) is 9.26. The molecule has 0 amide bonds. The molecule has 2 rings (SSSR count). The van der Waals surface area contributed by atoms with Gasteiger partial charge in [0.15, 0.2) is 0 Å². The summed E-state index contributed by atoms with van der Waals surface area (Å²) in [4.78, 5) is 0. The molecule has 0 spiro atoms. The lowest BCUT2D eigenvalue weighted by molar-refractivity contribution is 0.593. The van der Waals surface area contributed by atoms with Crippen LogP contribution in [0.2, 0.25) is 0 Å². The van der Waals surface area contributed by atoms with Crippen LogP contribution in [0.4, 0.5) is 4.39 Å². The van der Waals surface area contributed by atoms with Gasteiger partial charge < -0.3 is 4.18 Å². The Morgan fingerprint density at radius 1 is 1.46 bits per heavy atom. The van der Waals surface area contributed by atoms with E-state index in [4.69, 9.17) is 4.18 Å². The van der Waals surface area contributed by atoms with E-state index in [2.05, 4.69) is 0 Å². The molecule has 1 fully saturated rings. The molecule has 0 aromatic heterocycles. The maximum atomic E-state index is 13.0. The molecule has 1 aromatic rings. The van der Waals surface area contributed by atoms with Crippen molar-refractivity contribution in [2.75, 3.05) is 0 Å². The van der Waals surface area contributed by atoms with E-state index < -0.39 is 0 Å². The standard InChI is InChI=1S/C10H11FOS/c1-7-2-3-8(6-10(7)11)12-13-9-4-5-9/h2-3,6,9H,4-5H2,1H3. The van der Waals surface area contributed by atoms with E-state index >= 15 is 0 Å². The highest BCUT2D eigenvalue weighted by atomic mass is 32.2. The van der Waals surface area contributed by atoms with Gasteiger partial charge in [-0.05, 0) is 31.4 Å². The molecule has 0 radical (unpaired) electrons. The maximum Gasteiger partial charge on any atom is 0.140 e. The van der Waals surface area contributed by atoms with Gasteiger partial charge in [-0.2, -0.15) is 0 Å². The van der Waals surface area contributed by atoms with Crippen molar-refractivity contribution in [2.45, 2.75) is 25.0 Å². The van der Waals surface area contributed by atoms with Gasteiger partial charge in [0, 0.05) is 11.3 Å². The van der Waals surface area contributed by atoms with Crippen molar-refractivity contribution in [2.24, 2.45) is 0 Å². The summed E-state index contributed by atoms with van der Waals surface area (Å²) in [5.41, 5.74) is 0.656. The van der Waals surface area contributed by atoms with Gasteiger partial charge in [-0.25, -0.2) is 4.39 Å². The van der Waals surface area contributed by atoms with E-state index in [1.54, 1.807) is 19.1 Å². The van der Waals surface area contributed by atoms with Crippen LogP contribution in [-0.4, -0.2) is 5.25 Å². The molecular weight excluding hydrogens is 187 g/mol. The normalized spacial score (nSPS) is 15.8. The fourth-order valence-electron chi connectivity index (χ4n) is 0.913. The summed E-state index contributed by atoms with van der Waals surface area (Å²) >= 11 is 1.44. The van der Waals surface area contributed by atoms with Crippen LogP contribution in [0, 0.1) is 12.7 Å². The average Bonchev–Trinajstić information content (AvgIpc) is 2.91. The SMILES string of the molecule is Cc1ccc(OSC2CC2)cc1F. The van der Waals surface area contributed by atoms with Crippen LogP contribution >= 0.6 is 12.0 Å². The van der Waals surface area contributed by atoms with Crippen LogP contribution in [0.25, 0.3) is 0 Å². The van der Waals surface area contributed by atoms with Gasteiger partial charge in [0.05, 0.1) is 12.0 Å². The van der Waals surface area contributed by atoms with Crippen LogP contribution in [0.15, 0.2) is 18.2 Å². The van der Waals surface area contributed by atoms with Crippen LogP contribution in [0.5, 0.6) is 5.75 Å². The van der Waals surface area contributed by atoms with Crippen molar-refractivity contribution in [3.8, 4) is 5.75 Å². The largest absolute Gasteiger partial charge is 0.425 e. The Kier molecular flexibility index (Phi) is 2.44. The molecule has 0 heterocycles. The molecule has 0 N–H and O–H groups in total. The van der Waals surface area contributed by atoms with Crippen molar-refractivity contribution in [1.82, 2.24) is 0 Å². The van der Waals surface area contributed by atoms with Crippen LogP contribution in [0.1, 0.15) is 18.4 Å². The molecule has 1 aromatic carbocycles. The number of hydrogen-bond acceptors (Lipinski definition) is 2. The highest BCUT2D eigenvalue weighted by Gasteiger charge is 2.23. The fourth-order valence-corrected chi connectivity index (χ4v) is 1.59. The van der Waals surface area contributed by atoms with E-state index in [1.807, 2.05) is 0 Å². The van der Waals surface area contributed by atoms with Crippen molar-refractivity contribution in [1.29, 1.82) is 0 Å². The topological polar surface area (TPSA) is 9.23 Å². The summed E-state index contributed by atoms with van der Waals surface area (Å²) in [6, 6.07) is 4.97. The second kappa shape index (κ2) is 3.58. The van der Waals surface area contributed by atoms with Gasteiger partial charge in [0.1, 0.15) is 11.6 Å². The quantitative estimate of drug-likeness (QED) is 0.689. The molecule has 0 atom stereocenters. The van der Waals surface area contributed by atoms with Crippen LogP contribution in [0.3, 0.4) is 0 Å². The van der Waals surface area contributed by atoms with Gasteiger partial charge in [0.25, 0.3) is 0 Å². The first-order chi connectivity index (χ1) is 6.25. The second-order valence-corrected chi connectivity index (χ2v) is 4.32. The Balaban J connectivity index is 1.98. The Morgan fingerprint density at radius 3 is 2.85 bits per heavy atom. The predicted octanol–water partition coefficient (Wildman–Crippen LogP) is 3.32. The van der Waals surface area contributed by atoms with Gasteiger partial charge in [0.2, 0.25) is 0 Å². The number of hydrogen-bond donors (Lipinski definition) is 0. The molecule has 0 unspecified atom stereocenters. The molecule has 1 nitrogen and oxygen atoms in total. The molecule has 0 aliphatic heterocycles. The Hall–Kier alpha value is -0.700. The molecule has 3 heteroatoms. The number of aryl methyl sites for hydroxylation is 1. The summed E-state index contributed by atoms with van der Waals surface area (Å²) in [5.74, 6) is 0.411. The molecular formula is C10H11FOS. The van der Waals surface area contributed by atoms with Crippen molar-refractivity contribution in [3.05, 3.63) is 29.6 Å². The number of halogens is 1. The Bertz CT molecular complexity index is 310. The first-order valence-corrected chi connectivity index (χ1v) is 5.15. The van der Waals surface area contributed by atoms with Crippen molar-refractivity contribution < 1.29 is 8.57 Å². The van der Waals surface area contributed by atoms with E-state index in [1.165, 1.54) is 31.0 Å². The lowest BCUT2D eigenvalue weighted by Crippen LogP contribution is -1.87. The third-order valence-corrected chi connectivity index (χ3v) is 2.98. The van der Waals surface area contributed by atoms with E-state index in [-0.39, 0.29) is 5.82 Å². The minimum absolute atomic E-state index is 0.200. The number of benzene rings is 1. The Morgan fingerprint density at radius 2 is 2.23 bits per heavy atom. The molecule has 70 valence electrons. The first kappa shape index (κ1) is 8.88.